The summed E-state index contributed by atoms with van der Waals surface area (Å²) in [7, 11) is 0. The Labute approximate surface area is 253 Å². The minimum absolute atomic E-state index is 0.915. The largest absolute Gasteiger partial charge is 0.384 e. The predicted octanol–water partition coefficient (Wildman–Crippen LogP) is 7.44. The lowest BCUT2D eigenvalue weighted by Gasteiger charge is -2.23. The molecule has 7 heteroatoms. The molecular weight excluding hydrogens is 530 g/mol. The van der Waals surface area contributed by atoms with Crippen LogP contribution in [0.2, 0.25) is 0 Å². The number of fused-ring (bicyclic) bond motifs is 3. The standard InChI is InChI=1S/C36H39N7/c1-4-13-34-28(10-1)22-31(25-40-34)37-16-7-19-43(20-8-17-38-32-23-29-11-2-5-14-35(29)41-26-32)21-9-18-39-33-24-30-12-3-6-15-36(30)42-27-33/h1-6,10-15,22-27,37-39H,7-9,16-21H2. The van der Waals surface area contributed by atoms with Gasteiger partial charge in [0.05, 0.1) is 52.2 Å². The van der Waals surface area contributed by atoms with Crippen molar-refractivity contribution in [1.29, 1.82) is 0 Å². The Hall–Kier alpha value is -4.75. The summed E-state index contributed by atoms with van der Waals surface area (Å²) >= 11 is 0. The van der Waals surface area contributed by atoms with E-state index < -0.39 is 0 Å². The summed E-state index contributed by atoms with van der Waals surface area (Å²) in [5, 5.41) is 14.2. The van der Waals surface area contributed by atoms with Gasteiger partial charge in [0.2, 0.25) is 0 Å². The molecule has 0 aliphatic carbocycles. The van der Waals surface area contributed by atoms with Gasteiger partial charge >= 0.3 is 0 Å². The molecule has 7 nitrogen and oxygen atoms in total. The first-order valence-electron chi connectivity index (χ1n) is 15.3. The monoisotopic (exact) mass is 569 g/mol. The Morgan fingerprint density at radius 2 is 0.767 bits per heavy atom. The minimum atomic E-state index is 0.915. The number of benzene rings is 3. The van der Waals surface area contributed by atoms with Gasteiger partial charge in [-0.25, -0.2) is 0 Å². The third kappa shape index (κ3) is 7.96. The van der Waals surface area contributed by atoms with E-state index in [1.807, 2.05) is 55.0 Å². The Morgan fingerprint density at radius 1 is 0.442 bits per heavy atom. The smallest absolute Gasteiger partial charge is 0.0703 e. The third-order valence-corrected chi connectivity index (χ3v) is 7.71. The molecule has 43 heavy (non-hydrogen) atoms. The lowest BCUT2D eigenvalue weighted by atomic mass is 10.2. The third-order valence-electron chi connectivity index (χ3n) is 7.71. The highest BCUT2D eigenvalue weighted by molar-refractivity contribution is 5.83. The highest BCUT2D eigenvalue weighted by Crippen LogP contribution is 2.18. The molecule has 6 rings (SSSR count). The van der Waals surface area contributed by atoms with E-state index in [1.54, 1.807) is 0 Å². The first-order chi connectivity index (χ1) is 21.3. The SMILES string of the molecule is c1ccc2ncc(NCCCN(CCCNc3cnc4ccccc4c3)CCCNc3cnc4ccccc4c3)cc2c1. The molecule has 0 bridgehead atoms. The average molecular weight is 570 g/mol. The molecule has 6 aromatic rings. The van der Waals surface area contributed by atoms with E-state index in [2.05, 4.69) is 90.4 Å². The molecule has 0 aliphatic rings. The second-order valence-electron chi connectivity index (χ2n) is 10.9. The van der Waals surface area contributed by atoms with Crippen molar-refractivity contribution < 1.29 is 0 Å². The Kier molecular flexibility index (Phi) is 9.52. The van der Waals surface area contributed by atoms with Crippen LogP contribution in [0.25, 0.3) is 32.7 Å². The molecule has 0 fully saturated rings. The zero-order valence-electron chi connectivity index (χ0n) is 24.5. The maximum absolute atomic E-state index is 4.58. The quantitative estimate of drug-likeness (QED) is 0.111. The van der Waals surface area contributed by atoms with Crippen LogP contribution < -0.4 is 16.0 Å². The van der Waals surface area contributed by atoms with Gasteiger partial charge in [-0.05, 0) is 75.3 Å². The van der Waals surface area contributed by atoms with Crippen LogP contribution in [-0.4, -0.2) is 59.1 Å². The molecular formula is C36H39N7. The Morgan fingerprint density at radius 3 is 1.12 bits per heavy atom. The number of hydrogen-bond donors (Lipinski definition) is 3. The van der Waals surface area contributed by atoms with Crippen LogP contribution in [0.15, 0.2) is 110 Å². The molecule has 218 valence electrons. The van der Waals surface area contributed by atoms with Crippen molar-refractivity contribution in [1.82, 2.24) is 19.9 Å². The normalized spacial score (nSPS) is 11.4. The summed E-state index contributed by atoms with van der Waals surface area (Å²) in [5.74, 6) is 0. The van der Waals surface area contributed by atoms with Gasteiger partial charge < -0.3 is 20.9 Å². The van der Waals surface area contributed by atoms with E-state index in [4.69, 9.17) is 0 Å². The molecule has 3 aromatic heterocycles. The first-order valence-corrected chi connectivity index (χ1v) is 15.3. The summed E-state index contributed by atoms with van der Waals surface area (Å²) in [5.41, 5.74) is 6.31. The Bertz CT molecular complexity index is 1560. The molecule has 0 unspecified atom stereocenters. The van der Waals surface area contributed by atoms with Crippen LogP contribution in [-0.2, 0) is 0 Å². The van der Waals surface area contributed by atoms with Crippen molar-refractivity contribution in [3.63, 3.8) is 0 Å². The fraction of sp³-hybridized carbons (Fsp3) is 0.250. The van der Waals surface area contributed by atoms with Gasteiger partial charge in [-0.3, -0.25) is 15.0 Å². The number of pyridine rings is 3. The second kappa shape index (κ2) is 14.4. The maximum atomic E-state index is 4.58. The van der Waals surface area contributed by atoms with Crippen LogP contribution in [0.4, 0.5) is 17.1 Å². The highest BCUT2D eigenvalue weighted by Gasteiger charge is 2.06. The zero-order chi connectivity index (χ0) is 29.1. The number of hydrogen-bond acceptors (Lipinski definition) is 7. The topological polar surface area (TPSA) is 78.0 Å². The van der Waals surface area contributed by atoms with E-state index in [0.717, 1.165) is 108 Å². The summed E-state index contributed by atoms with van der Waals surface area (Å²) in [6.07, 6.45) is 8.99. The van der Waals surface area contributed by atoms with Gasteiger partial charge in [0, 0.05) is 35.8 Å². The van der Waals surface area contributed by atoms with Crippen LogP contribution >= 0.6 is 0 Å². The lowest BCUT2D eigenvalue weighted by Crippen LogP contribution is -2.30. The molecule has 3 N–H and O–H groups in total. The summed E-state index contributed by atoms with van der Waals surface area (Å²) in [6.45, 7) is 5.88. The van der Waals surface area contributed by atoms with E-state index in [0.29, 0.717) is 0 Å². The number of para-hydroxylation sites is 3. The molecule has 3 heterocycles. The molecule has 0 radical (unpaired) electrons. The second-order valence-corrected chi connectivity index (χ2v) is 10.9. The van der Waals surface area contributed by atoms with Crippen molar-refractivity contribution in [2.45, 2.75) is 19.3 Å². The molecule has 0 amide bonds. The molecule has 0 spiro atoms. The molecule has 0 atom stereocenters. The van der Waals surface area contributed by atoms with Crippen molar-refractivity contribution in [3.05, 3.63) is 110 Å². The van der Waals surface area contributed by atoms with E-state index in [9.17, 15) is 0 Å². The molecule has 3 aromatic carbocycles. The fourth-order valence-corrected chi connectivity index (χ4v) is 5.44. The number of nitrogens with zero attached hydrogens (tertiary/aromatic N) is 4. The average Bonchev–Trinajstić information content (AvgIpc) is 3.06. The minimum Gasteiger partial charge on any atom is -0.384 e. The summed E-state index contributed by atoms with van der Waals surface area (Å²) < 4.78 is 0. The molecule has 0 saturated heterocycles. The molecule has 0 aliphatic heterocycles. The predicted molar refractivity (Wildman–Crippen MR) is 181 cm³/mol. The number of anilines is 3. The number of nitrogens with one attached hydrogen (secondary N) is 3. The van der Waals surface area contributed by atoms with E-state index >= 15 is 0 Å². The summed E-state index contributed by atoms with van der Waals surface area (Å²) in [4.78, 5) is 16.3. The van der Waals surface area contributed by atoms with Gasteiger partial charge in [0.15, 0.2) is 0 Å². The van der Waals surface area contributed by atoms with Crippen LogP contribution in [0.3, 0.4) is 0 Å². The van der Waals surface area contributed by atoms with Crippen molar-refractivity contribution >= 4 is 49.8 Å². The van der Waals surface area contributed by atoms with Crippen molar-refractivity contribution in [3.8, 4) is 0 Å². The fourth-order valence-electron chi connectivity index (χ4n) is 5.44. The summed E-state index contributed by atoms with van der Waals surface area (Å²) in [6, 6.07) is 31.3. The van der Waals surface area contributed by atoms with Crippen LogP contribution in [0, 0.1) is 0 Å². The highest BCUT2D eigenvalue weighted by atomic mass is 15.1. The number of rotatable bonds is 15. The van der Waals surface area contributed by atoms with Crippen molar-refractivity contribution in [2.24, 2.45) is 0 Å². The Balaban J connectivity index is 0.983. The van der Waals surface area contributed by atoms with Gasteiger partial charge in [-0.15, -0.1) is 0 Å². The van der Waals surface area contributed by atoms with Gasteiger partial charge in [0.25, 0.3) is 0 Å². The van der Waals surface area contributed by atoms with E-state index in [1.165, 1.54) is 0 Å². The van der Waals surface area contributed by atoms with Gasteiger partial charge in [-0.2, -0.15) is 0 Å². The molecule has 0 saturated carbocycles. The number of aromatic nitrogens is 3. The first kappa shape index (κ1) is 28.4. The van der Waals surface area contributed by atoms with Crippen LogP contribution in [0.5, 0.6) is 0 Å². The van der Waals surface area contributed by atoms with Crippen molar-refractivity contribution in [2.75, 3.05) is 55.2 Å². The maximum Gasteiger partial charge on any atom is 0.0703 e. The van der Waals surface area contributed by atoms with Crippen LogP contribution in [0.1, 0.15) is 19.3 Å². The lowest BCUT2D eigenvalue weighted by molar-refractivity contribution is 0.271. The zero-order valence-corrected chi connectivity index (χ0v) is 24.5. The van der Waals surface area contributed by atoms with E-state index in [-0.39, 0.29) is 0 Å². The van der Waals surface area contributed by atoms with Gasteiger partial charge in [-0.1, -0.05) is 54.6 Å². The van der Waals surface area contributed by atoms with Gasteiger partial charge in [0.1, 0.15) is 0 Å².